The predicted octanol–water partition coefficient (Wildman–Crippen LogP) is 2.94. The van der Waals surface area contributed by atoms with Gasteiger partial charge in [0.15, 0.2) is 0 Å². The van der Waals surface area contributed by atoms with Crippen molar-refractivity contribution in [3.8, 4) is 6.07 Å². The molecule has 21 heavy (non-hydrogen) atoms. The van der Waals surface area contributed by atoms with Crippen LogP contribution in [0.1, 0.15) is 11.1 Å². The number of benzene rings is 2. The lowest BCUT2D eigenvalue weighted by Crippen LogP contribution is -2.30. The standard InChI is InChI=1S/C17H17N3O/c1-13-6-5-8-15(10-13)20(2)12-17(21)19-16-9-4-3-7-14(16)11-18/h3-10H,12H2,1-2H3,(H,19,21). The van der Waals surface area contributed by atoms with Gasteiger partial charge < -0.3 is 10.2 Å². The number of carbonyl (C=O) groups excluding carboxylic acids is 1. The molecule has 0 saturated heterocycles. The van der Waals surface area contributed by atoms with Gasteiger partial charge in [-0.15, -0.1) is 0 Å². The Kier molecular flexibility index (Phi) is 4.57. The third kappa shape index (κ3) is 3.83. The quantitative estimate of drug-likeness (QED) is 0.936. The van der Waals surface area contributed by atoms with Crippen molar-refractivity contribution in [3.63, 3.8) is 0 Å². The van der Waals surface area contributed by atoms with Crippen LogP contribution >= 0.6 is 0 Å². The molecule has 0 unspecified atom stereocenters. The summed E-state index contributed by atoms with van der Waals surface area (Å²) in [5.74, 6) is -0.151. The summed E-state index contributed by atoms with van der Waals surface area (Å²) in [6, 6.07) is 17.0. The van der Waals surface area contributed by atoms with Crippen LogP contribution in [0.4, 0.5) is 11.4 Å². The summed E-state index contributed by atoms with van der Waals surface area (Å²) in [6.45, 7) is 2.24. The van der Waals surface area contributed by atoms with Crippen LogP contribution in [0.3, 0.4) is 0 Å². The van der Waals surface area contributed by atoms with Crippen molar-refractivity contribution >= 4 is 17.3 Å². The summed E-state index contributed by atoms with van der Waals surface area (Å²) in [5.41, 5.74) is 3.14. The zero-order chi connectivity index (χ0) is 15.2. The second kappa shape index (κ2) is 6.58. The summed E-state index contributed by atoms with van der Waals surface area (Å²) in [7, 11) is 1.87. The highest BCUT2D eigenvalue weighted by Crippen LogP contribution is 2.16. The SMILES string of the molecule is Cc1cccc(N(C)CC(=O)Nc2ccccc2C#N)c1. The van der Waals surface area contributed by atoms with Gasteiger partial charge in [0.1, 0.15) is 6.07 Å². The van der Waals surface area contributed by atoms with Gasteiger partial charge in [0.05, 0.1) is 17.8 Å². The van der Waals surface area contributed by atoms with E-state index in [1.165, 1.54) is 0 Å². The second-order valence-electron chi connectivity index (χ2n) is 4.90. The molecule has 0 saturated carbocycles. The summed E-state index contributed by atoms with van der Waals surface area (Å²) in [5, 5.41) is 11.8. The summed E-state index contributed by atoms with van der Waals surface area (Å²) < 4.78 is 0. The predicted molar refractivity (Wildman–Crippen MR) is 84.2 cm³/mol. The summed E-state index contributed by atoms with van der Waals surface area (Å²) >= 11 is 0. The minimum absolute atomic E-state index is 0.151. The monoisotopic (exact) mass is 279 g/mol. The number of rotatable bonds is 4. The van der Waals surface area contributed by atoms with Crippen molar-refractivity contribution in [2.75, 3.05) is 23.8 Å². The first kappa shape index (κ1) is 14.6. The first-order valence-corrected chi connectivity index (χ1v) is 6.67. The Hall–Kier alpha value is -2.80. The van der Waals surface area contributed by atoms with Crippen LogP contribution in [0.15, 0.2) is 48.5 Å². The minimum atomic E-state index is -0.151. The van der Waals surface area contributed by atoms with Gasteiger partial charge in [0.2, 0.25) is 5.91 Å². The number of anilines is 2. The summed E-state index contributed by atoms with van der Waals surface area (Å²) in [4.78, 5) is 14.0. The zero-order valence-corrected chi connectivity index (χ0v) is 12.1. The van der Waals surface area contributed by atoms with E-state index in [1.54, 1.807) is 24.3 Å². The number of aryl methyl sites for hydroxylation is 1. The number of amides is 1. The van der Waals surface area contributed by atoms with E-state index in [0.717, 1.165) is 11.3 Å². The smallest absolute Gasteiger partial charge is 0.243 e. The molecule has 0 aliphatic heterocycles. The van der Waals surface area contributed by atoms with Crippen molar-refractivity contribution in [1.29, 1.82) is 5.26 Å². The molecular weight excluding hydrogens is 262 g/mol. The molecule has 0 aromatic heterocycles. The molecule has 4 heteroatoms. The third-order valence-corrected chi connectivity index (χ3v) is 3.14. The normalized spacial score (nSPS) is 9.76. The topological polar surface area (TPSA) is 56.1 Å². The molecule has 0 radical (unpaired) electrons. The number of nitriles is 1. The van der Waals surface area contributed by atoms with E-state index in [0.29, 0.717) is 11.3 Å². The molecule has 0 atom stereocenters. The van der Waals surface area contributed by atoms with Crippen LogP contribution in [-0.2, 0) is 4.79 Å². The van der Waals surface area contributed by atoms with E-state index in [1.807, 2.05) is 43.1 Å². The number of hydrogen-bond acceptors (Lipinski definition) is 3. The molecule has 2 aromatic carbocycles. The van der Waals surface area contributed by atoms with E-state index in [-0.39, 0.29) is 12.5 Å². The Balaban J connectivity index is 2.03. The maximum Gasteiger partial charge on any atom is 0.243 e. The fourth-order valence-corrected chi connectivity index (χ4v) is 2.05. The van der Waals surface area contributed by atoms with Crippen molar-refractivity contribution in [1.82, 2.24) is 0 Å². The fraction of sp³-hybridized carbons (Fsp3) is 0.176. The maximum absolute atomic E-state index is 12.1. The van der Waals surface area contributed by atoms with E-state index in [2.05, 4.69) is 11.4 Å². The van der Waals surface area contributed by atoms with Crippen LogP contribution in [-0.4, -0.2) is 19.5 Å². The highest BCUT2D eigenvalue weighted by atomic mass is 16.2. The molecule has 106 valence electrons. The Labute approximate surface area is 124 Å². The van der Waals surface area contributed by atoms with Crippen LogP contribution in [0.2, 0.25) is 0 Å². The van der Waals surface area contributed by atoms with Crippen molar-refractivity contribution < 1.29 is 4.79 Å². The Morgan fingerprint density at radius 1 is 1.24 bits per heavy atom. The molecule has 2 aromatic rings. The molecule has 0 aliphatic rings. The lowest BCUT2D eigenvalue weighted by Gasteiger charge is -2.19. The maximum atomic E-state index is 12.1. The van der Waals surface area contributed by atoms with Gasteiger partial charge in [-0.05, 0) is 36.8 Å². The molecule has 4 nitrogen and oxygen atoms in total. The van der Waals surface area contributed by atoms with Crippen molar-refractivity contribution in [2.24, 2.45) is 0 Å². The number of carbonyl (C=O) groups is 1. The number of nitrogens with zero attached hydrogens (tertiary/aromatic N) is 2. The van der Waals surface area contributed by atoms with Gasteiger partial charge in [-0.2, -0.15) is 5.26 Å². The average molecular weight is 279 g/mol. The zero-order valence-electron chi connectivity index (χ0n) is 12.1. The number of likely N-dealkylation sites (N-methyl/N-ethyl adjacent to an activating group) is 1. The molecule has 0 bridgehead atoms. The van der Waals surface area contributed by atoms with Crippen LogP contribution in [0.25, 0.3) is 0 Å². The van der Waals surface area contributed by atoms with E-state index in [4.69, 9.17) is 5.26 Å². The van der Waals surface area contributed by atoms with Crippen LogP contribution < -0.4 is 10.2 Å². The number of nitrogens with one attached hydrogen (secondary N) is 1. The Bertz CT molecular complexity index is 688. The van der Waals surface area contributed by atoms with Gasteiger partial charge in [-0.1, -0.05) is 24.3 Å². The van der Waals surface area contributed by atoms with Crippen molar-refractivity contribution in [3.05, 3.63) is 59.7 Å². The lowest BCUT2D eigenvalue weighted by atomic mass is 10.2. The van der Waals surface area contributed by atoms with Gasteiger partial charge in [0.25, 0.3) is 0 Å². The first-order chi connectivity index (χ1) is 10.1. The van der Waals surface area contributed by atoms with Gasteiger partial charge in [-0.3, -0.25) is 4.79 Å². The van der Waals surface area contributed by atoms with E-state index >= 15 is 0 Å². The van der Waals surface area contributed by atoms with E-state index < -0.39 is 0 Å². The fourth-order valence-electron chi connectivity index (χ4n) is 2.05. The molecule has 0 fully saturated rings. The van der Waals surface area contributed by atoms with Gasteiger partial charge in [0, 0.05) is 12.7 Å². The molecule has 1 N–H and O–H groups in total. The third-order valence-electron chi connectivity index (χ3n) is 3.14. The van der Waals surface area contributed by atoms with Gasteiger partial charge >= 0.3 is 0 Å². The minimum Gasteiger partial charge on any atom is -0.365 e. The largest absolute Gasteiger partial charge is 0.365 e. The molecule has 0 heterocycles. The molecule has 0 spiro atoms. The first-order valence-electron chi connectivity index (χ1n) is 6.67. The molecule has 2 rings (SSSR count). The molecule has 0 aliphatic carbocycles. The van der Waals surface area contributed by atoms with E-state index in [9.17, 15) is 4.79 Å². The molecule has 1 amide bonds. The van der Waals surface area contributed by atoms with Gasteiger partial charge in [-0.25, -0.2) is 0 Å². The highest BCUT2D eigenvalue weighted by molar-refractivity contribution is 5.95. The lowest BCUT2D eigenvalue weighted by molar-refractivity contribution is -0.114. The average Bonchev–Trinajstić information content (AvgIpc) is 2.47. The second-order valence-corrected chi connectivity index (χ2v) is 4.90. The van der Waals surface area contributed by atoms with Crippen LogP contribution in [0.5, 0.6) is 0 Å². The van der Waals surface area contributed by atoms with Crippen molar-refractivity contribution in [2.45, 2.75) is 6.92 Å². The Morgan fingerprint density at radius 2 is 2.00 bits per heavy atom. The highest BCUT2D eigenvalue weighted by Gasteiger charge is 2.09. The number of para-hydroxylation sites is 1. The molecular formula is C17H17N3O. The number of hydrogen-bond donors (Lipinski definition) is 1. The van der Waals surface area contributed by atoms with Crippen LogP contribution in [0, 0.1) is 18.3 Å². The summed E-state index contributed by atoms with van der Waals surface area (Å²) in [6.07, 6.45) is 0. The Morgan fingerprint density at radius 3 is 2.71 bits per heavy atom.